The number of fused-ring (bicyclic) bond motifs is 2. The Kier molecular flexibility index (Phi) is 4.41. The summed E-state index contributed by atoms with van der Waals surface area (Å²) in [4.78, 5) is 28.4. The molecule has 2 fully saturated rings. The Labute approximate surface area is 180 Å². The summed E-state index contributed by atoms with van der Waals surface area (Å²) in [5.41, 5.74) is 11.6. The molecule has 1 saturated heterocycles. The number of nitrogens with zero attached hydrogens (tertiary/aromatic N) is 5. The number of rotatable bonds is 4. The first-order chi connectivity index (χ1) is 15.2. The predicted molar refractivity (Wildman–Crippen MR) is 121 cm³/mol. The molecule has 1 atom stereocenters. The number of piperidine rings is 1. The van der Waals surface area contributed by atoms with E-state index in [4.69, 9.17) is 20.8 Å². The van der Waals surface area contributed by atoms with Gasteiger partial charge in [0.25, 0.3) is 5.56 Å². The molecule has 3 N–H and O–H groups in total. The van der Waals surface area contributed by atoms with Crippen LogP contribution in [0.25, 0.3) is 11.0 Å². The first kappa shape index (κ1) is 18.7. The van der Waals surface area contributed by atoms with E-state index in [-0.39, 0.29) is 11.6 Å². The maximum Gasteiger partial charge on any atom is 0.293 e. The van der Waals surface area contributed by atoms with Gasteiger partial charge < -0.3 is 15.6 Å². The number of hydrogen-bond acceptors (Lipinski definition) is 6. The molecule has 1 aromatic carbocycles. The van der Waals surface area contributed by atoms with Gasteiger partial charge >= 0.3 is 0 Å². The molecule has 4 heterocycles. The number of hydrogen-bond donors (Lipinski definition) is 2. The van der Waals surface area contributed by atoms with Gasteiger partial charge in [0, 0.05) is 37.2 Å². The molecule has 160 valence electrons. The van der Waals surface area contributed by atoms with Crippen molar-refractivity contribution in [1.29, 1.82) is 0 Å². The second-order valence-corrected chi connectivity index (χ2v) is 8.99. The molecule has 3 aromatic rings. The molecular weight excluding hydrogens is 390 g/mol. The topological polar surface area (TPSA) is 105 Å². The lowest BCUT2D eigenvalue weighted by Gasteiger charge is -2.30. The Morgan fingerprint density at radius 1 is 1.19 bits per heavy atom. The molecule has 0 spiro atoms. The molecule has 0 amide bonds. The van der Waals surface area contributed by atoms with E-state index in [0.717, 1.165) is 80.2 Å². The number of aromatic amines is 1. The van der Waals surface area contributed by atoms with Gasteiger partial charge in [0.05, 0.1) is 18.0 Å². The second kappa shape index (κ2) is 7.30. The largest absolute Gasteiger partial charge is 0.341 e. The van der Waals surface area contributed by atoms with Gasteiger partial charge in [-0.2, -0.15) is 5.10 Å². The number of aromatic nitrogens is 4. The molecule has 3 aliphatic rings. The van der Waals surface area contributed by atoms with E-state index in [1.165, 1.54) is 5.56 Å². The summed E-state index contributed by atoms with van der Waals surface area (Å²) >= 11 is 0. The third-order valence-corrected chi connectivity index (χ3v) is 6.64. The standard InChI is InChI=1S/C23H27N7O/c24-16-5-3-11-29(12-16)23-26-20-19(15-7-8-15)28-30(22(31)21(20)27-23)13-18-17-6-2-1-4-14(17)9-10-25-18/h1-2,4,6,15-16H,3,5,7-13,24H2,(H,26,27). The average Bonchev–Trinajstić information content (AvgIpc) is 3.53. The maximum atomic E-state index is 13.4. The van der Waals surface area contributed by atoms with E-state index in [9.17, 15) is 4.79 Å². The molecule has 1 saturated carbocycles. The Morgan fingerprint density at radius 3 is 2.90 bits per heavy atom. The van der Waals surface area contributed by atoms with Gasteiger partial charge in [0.15, 0.2) is 0 Å². The zero-order valence-corrected chi connectivity index (χ0v) is 17.5. The Balaban J connectivity index is 1.42. The Morgan fingerprint density at radius 2 is 2.06 bits per heavy atom. The van der Waals surface area contributed by atoms with Crippen molar-refractivity contribution in [1.82, 2.24) is 19.7 Å². The summed E-state index contributed by atoms with van der Waals surface area (Å²) in [5.74, 6) is 1.12. The van der Waals surface area contributed by atoms with Crippen LogP contribution in [0.5, 0.6) is 0 Å². The highest BCUT2D eigenvalue weighted by atomic mass is 16.1. The van der Waals surface area contributed by atoms with Gasteiger partial charge in [0.2, 0.25) is 5.95 Å². The van der Waals surface area contributed by atoms with Crippen molar-refractivity contribution in [2.24, 2.45) is 10.7 Å². The van der Waals surface area contributed by atoms with E-state index < -0.39 is 0 Å². The summed E-state index contributed by atoms with van der Waals surface area (Å²) in [6.07, 6.45) is 5.20. The SMILES string of the molecule is NC1CCCN(c2nc3c(C4CC4)nn(CC4=NCCc5ccccc54)c(=O)c3[nH]2)C1. The molecule has 31 heavy (non-hydrogen) atoms. The minimum Gasteiger partial charge on any atom is -0.341 e. The number of H-pyrrole nitrogens is 1. The lowest BCUT2D eigenvalue weighted by Crippen LogP contribution is -2.43. The molecule has 1 aliphatic carbocycles. The summed E-state index contributed by atoms with van der Waals surface area (Å²) in [6, 6.07) is 8.46. The monoisotopic (exact) mass is 417 g/mol. The van der Waals surface area contributed by atoms with Crippen molar-refractivity contribution in [3.05, 3.63) is 51.4 Å². The van der Waals surface area contributed by atoms with Crippen LogP contribution in [0, 0.1) is 0 Å². The van der Waals surface area contributed by atoms with E-state index in [1.54, 1.807) is 4.68 Å². The molecule has 2 aliphatic heterocycles. The van der Waals surface area contributed by atoms with E-state index in [2.05, 4.69) is 28.1 Å². The molecule has 0 radical (unpaired) electrons. The molecule has 0 bridgehead atoms. The smallest absolute Gasteiger partial charge is 0.293 e. The number of nitrogens with one attached hydrogen (secondary N) is 1. The quantitative estimate of drug-likeness (QED) is 0.675. The number of nitrogens with two attached hydrogens (primary N) is 1. The van der Waals surface area contributed by atoms with Crippen LogP contribution >= 0.6 is 0 Å². The van der Waals surface area contributed by atoms with Crippen molar-refractivity contribution in [3.63, 3.8) is 0 Å². The zero-order valence-electron chi connectivity index (χ0n) is 17.5. The Bertz CT molecular complexity index is 1240. The highest BCUT2D eigenvalue weighted by Crippen LogP contribution is 2.41. The maximum absolute atomic E-state index is 13.4. The van der Waals surface area contributed by atoms with Crippen molar-refractivity contribution in [2.75, 3.05) is 24.5 Å². The summed E-state index contributed by atoms with van der Waals surface area (Å²) in [5, 5.41) is 4.80. The third kappa shape index (κ3) is 3.35. The number of benzene rings is 1. The van der Waals surface area contributed by atoms with Gasteiger partial charge in [-0.05, 0) is 37.7 Å². The summed E-state index contributed by atoms with van der Waals surface area (Å²) in [7, 11) is 0. The summed E-state index contributed by atoms with van der Waals surface area (Å²) in [6.45, 7) is 2.80. The van der Waals surface area contributed by atoms with Crippen molar-refractivity contribution in [3.8, 4) is 0 Å². The molecule has 8 heteroatoms. The van der Waals surface area contributed by atoms with Crippen molar-refractivity contribution in [2.45, 2.75) is 50.6 Å². The summed E-state index contributed by atoms with van der Waals surface area (Å²) < 4.78 is 1.58. The van der Waals surface area contributed by atoms with Crippen LogP contribution in [0.4, 0.5) is 5.95 Å². The predicted octanol–water partition coefficient (Wildman–Crippen LogP) is 1.97. The Hall–Kier alpha value is -3.00. The normalized spacial score (nSPS) is 21.3. The number of anilines is 1. The fraction of sp³-hybridized carbons (Fsp3) is 0.478. The van der Waals surface area contributed by atoms with E-state index >= 15 is 0 Å². The minimum absolute atomic E-state index is 0.134. The second-order valence-electron chi connectivity index (χ2n) is 8.99. The number of aliphatic imine (C=N–C) groups is 1. The van der Waals surface area contributed by atoms with E-state index in [1.807, 2.05) is 6.07 Å². The van der Waals surface area contributed by atoms with Crippen LogP contribution in [0.1, 0.15) is 48.4 Å². The molecular formula is C23H27N7O. The van der Waals surface area contributed by atoms with Crippen LogP contribution in [-0.4, -0.2) is 51.1 Å². The van der Waals surface area contributed by atoms with Crippen LogP contribution in [0.3, 0.4) is 0 Å². The zero-order chi connectivity index (χ0) is 20.9. The van der Waals surface area contributed by atoms with E-state index in [0.29, 0.717) is 18.0 Å². The van der Waals surface area contributed by atoms with Gasteiger partial charge in [-0.25, -0.2) is 9.67 Å². The van der Waals surface area contributed by atoms with Gasteiger partial charge in [-0.15, -0.1) is 0 Å². The van der Waals surface area contributed by atoms with Crippen molar-refractivity contribution < 1.29 is 0 Å². The molecule has 8 nitrogen and oxygen atoms in total. The molecule has 2 aromatic heterocycles. The lowest BCUT2D eigenvalue weighted by molar-refractivity contribution is 0.501. The van der Waals surface area contributed by atoms with Crippen LogP contribution in [-0.2, 0) is 13.0 Å². The van der Waals surface area contributed by atoms with Gasteiger partial charge in [0.1, 0.15) is 11.0 Å². The lowest BCUT2D eigenvalue weighted by atomic mass is 9.98. The first-order valence-electron chi connectivity index (χ1n) is 11.3. The third-order valence-electron chi connectivity index (χ3n) is 6.64. The van der Waals surface area contributed by atoms with Crippen LogP contribution < -0.4 is 16.2 Å². The highest BCUT2D eigenvalue weighted by Gasteiger charge is 2.31. The highest BCUT2D eigenvalue weighted by molar-refractivity contribution is 6.02. The van der Waals surface area contributed by atoms with Crippen LogP contribution in [0.2, 0.25) is 0 Å². The number of imidazole rings is 1. The van der Waals surface area contributed by atoms with Gasteiger partial charge in [-0.3, -0.25) is 9.79 Å². The van der Waals surface area contributed by atoms with Gasteiger partial charge in [-0.1, -0.05) is 24.3 Å². The fourth-order valence-electron chi connectivity index (χ4n) is 4.84. The molecule has 6 rings (SSSR count). The van der Waals surface area contributed by atoms with Crippen molar-refractivity contribution >= 4 is 22.7 Å². The molecule has 1 unspecified atom stereocenters. The minimum atomic E-state index is -0.134. The fourth-order valence-corrected chi connectivity index (χ4v) is 4.84. The average molecular weight is 418 g/mol. The first-order valence-corrected chi connectivity index (χ1v) is 11.3. The van der Waals surface area contributed by atoms with Crippen LogP contribution in [0.15, 0.2) is 34.1 Å².